The summed E-state index contributed by atoms with van der Waals surface area (Å²) < 4.78 is 0. The van der Waals surface area contributed by atoms with E-state index in [1.807, 2.05) is 11.8 Å². The van der Waals surface area contributed by atoms with Crippen molar-refractivity contribution in [1.29, 1.82) is 0 Å². The van der Waals surface area contributed by atoms with Gasteiger partial charge >= 0.3 is 0 Å². The van der Waals surface area contributed by atoms with Gasteiger partial charge in [0, 0.05) is 19.5 Å². The average Bonchev–Trinajstić information content (AvgIpc) is 2.35. The minimum atomic E-state index is 0.230. The Labute approximate surface area is 101 Å². The lowest BCUT2D eigenvalue weighted by Gasteiger charge is -2.26. The molecule has 0 aliphatic carbocycles. The van der Waals surface area contributed by atoms with Crippen LogP contribution in [0.1, 0.15) is 31.9 Å². The summed E-state index contributed by atoms with van der Waals surface area (Å²) in [5.41, 5.74) is 0.849. The fourth-order valence-electron chi connectivity index (χ4n) is 1.93. The molecule has 2 rings (SSSR count). The molecule has 0 radical (unpaired) electrons. The highest BCUT2D eigenvalue weighted by Gasteiger charge is 2.18. The SMILES string of the molecule is CCNc1cnc(CN2CCCCC2=O)cn1. The van der Waals surface area contributed by atoms with Crippen LogP contribution in [0.5, 0.6) is 0 Å². The lowest BCUT2D eigenvalue weighted by Crippen LogP contribution is -2.34. The van der Waals surface area contributed by atoms with E-state index >= 15 is 0 Å². The molecular weight excluding hydrogens is 216 g/mol. The highest BCUT2D eigenvalue weighted by Crippen LogP contribution is 2.13. The Morgan fingerprint density at radius 2 is 2.24 bits per heavy atom. The van der Waals surface area contributed by atoms with Gasteiger partial charge in [0.1, 0.15) is 5.82 Å². The molecule has 1 aliphatic rings. The first-order valence-electron chi connectivity index (χ1n) is 6.12. The van der Waals surface area contributed by atoms with Crippen molar-refractivity contribution in [2.75, 3.05) is 18.4 Å². The fraction of sp³-hybridized carbons (Fsp3) is 0.583. The molecule has 1 amide bonds. The number of anilines is 1. The molecule has 1 fully saturated rings. The van der Waals surface area contributed by atoms with Gasteiger partial charge in [-0.15, -0.1) is 0 Å². The fourth-order valence-corrected chi connectivity index (χ4v) is 1.93. The molecule has 0 aromatic carbocycles. The van der Waals surface area contributed by atoms with Crippen molar-refractivity contribution in [2.24, 2.45) is 0 Å². The third-order valence-corrected chi connectivity index (χ3v) is 2.84. The minimum Gasteiger partial charge on any atom is -0.369 e. The topological polar surface area (TPSA) is 58.1 Å². The summed E-state index contributed by atoms with van der Waals surface area (Å²) in [5.74, 6) is 1.01. The third kappa shape index (κ3) is 3.15. The molecule has 1 saturated heterocycles. The van der Waals surface area contributed by atoms with Crippen molar-refractivity contribution < 1.29 is 4.79 Å². The van der Waals surface area contributed by atoms with E-state index in [9.17, 15) is 4.79 Å². The molecule has 5 nitrogen and oxygen atoms in total. The molecule has 5 heteroatoms. The lowest BCUT2D eigenvalue weighted by atomic mass is 10.1. The monoisotopic (exact) mass is 234 g/mol. The number of nitrogens with one attached hydrogen (secondary N) is 1. The van der Waals surface area contributed by atoms with Crippen LogP contribution >= 0.6 is 0 Å². The van der Waals surface area contributed by atoms with Gasteiger partial charge < -0.3 is 10.2 Å². The summed E-state index contributed by atoms with van der Waals surface area (Å²) in [6, 6.07) is 0. The van der Waals surface area contributed by atoms with E-state index in [4.69, 9.17) is 0 Å². The highest BCUT2D eigenvalue weighted by molar-refractivity contribution is 5.76. The molecule has 0 atom stereocenters. The van der Waals surface area contributed by atoms with Crippen LogP contribution in [-0.2, 0) is 11.3 Å². The Hall–Kier alpha value is -1.65. The molecule has 92 valence electrons. The predicted octanol–water partition coefficient (Wildman–Crippen LogP) is 1.42. The maximum Gasteiger partial charge on any atom is 0.222 e. The molecule has 0 unspecified atom stereocenters. The molecule has 1 aromatic rings. The zero-order valence-corrected chi connectivity index (χ0v) is 10.1. The average molecular weight is 234 g/mol. The molecule has 2 heterocycles. The number of amides is 1. The normalized spacial score (nSPS) is 16.1. The van der Waals surface area contributed by atoms with Gasteiger partial charge in [-0.05, 0) is 19.8 Å². The largest absolute Gasteiger partial charge is 0.369 e. The number of aromatic nitrogens is 2. The van der Waals surface area contributed by atoms with E-state index in [1.54, 1.807) is 12.4 Å². The molecule has 0 saturated carbocycles. The molecule has 17 heavy (non-hydrogen) atoms. The second-order valence-electron chi connectivity index (χ2n) is 4.20. The van der Waals surface area contributed by atoms with Crippen LogP contribution in [-0.4, -0.2) is 33.9 Å². The molecule has 0 bridgehead atoms. The zero-order valence-electron chi connectivity index (χ0n) is 10.1. The number of nitrogens with zero attached hydrogens (tertiary/aromatic N) is 3. The molecule has 0 spiro atoms. The van der Waals surface area contributed by atoms with Crippen LogP contribution in [0.2, 0.25) is 0 Å². The Morgan fingerprint density at radius 1 is 1.35 bits per heavy atom. The van der Waals surface area contributed by atoms with Gasteiger partial charge in [-0.2, -0.15) is 0 Å². The van der Waals surface area contributed by atoms with Crippen LogP contribution in [0.4, 0.5) is 5.82 Å². The number of rotatable bonds is 4. The first-order valence-corrected chi connectivity index (χ1v) is 6.12. The van der Waals surface area contributed by atoms with E-state index in [1.165, 1.54) is 0 Å². The Balaban J connectivity index is 1.95. The van der Waals surface area contributed by atoms with E-state index in [2.05, 4.69) is 15.3 Å². The van der Waals surface area contributed by atoms with E-state index < -0.39 is 0 Å². The number of hydrogen-bond acceptors (Lipinski definition) is 4. The van der Waals surface area contributed by atoms with Crippen LogP contribution in [0, 0.1) is 0 Å². The quantitative estimate of drug-likeness (QED) is 0.856. The summed E-state index contributed by atoms with van der Waals surface area (Å²) in [6.07, 6.45) is 6.23. The zero-order chi connectivity index (χ0) is 12.1. The summed E-state index contributed by atoms with van der Waals surface area (Å²) in [7, 11) is 0. The van der Waals surface area contributed by atoms with Gasteiger partial charge in [0.25, 0.3) is 0 Å². The maximum atomic E-state index is 11.6. The number of hydrogen-bond donors (Lipinski definition) is 1. The first kappa shape index (κ1) is 11.8. The van der Waals surface area contributed by atoms with Crippen molar-refractivity contribution in [3.05, 3.63) is 18.1 Å². The van der Waals surface area contributed by atoms with E-state index in [-0.39, 0.29) is 5.91 Å². The van der Waals surface area contributed by atoms with Gasteiger partial charge in [-0.1, -0.05) is 0 Å². The lowest BCUT2D eigenvalue weighted by molar-refractivity contribution is -0.133. The maximum absolute atomic E-state index is 11.6. The van der Waals surface area contributed by atoms with Gasteiger partial charge in [0.2, 0.25) is 5.91 Å². The van der Waals surface area contributed by atoms with Crippen LogP contribution in [0.3, 0.4) is 0 Å². The number of likely N-dealkylation sites (tertiary alicyclic amines) is 1. The number of carbonyl (C=O) groups excluding carboxylic acids is 1. The summed E-state index contributed by atoms with van der Waals surface area (Å²) in [6.45, 7) is 4.27. The molecule has 1 N–H and O–H groups in total. The predicted molar refractivity (Wildman–Crippen MR) is 65.5 cm³/mol. The standard InChI is InChI=1S/C12H18N4O/c1-2-13-11-8-14-10(7-15-11)9-16-6-4-3-5-12(16)17/h7-8H,2-6,9H2,1H3,(H,13,15). The second-order valence-corrected chi connectivity index (χ2v) is 4.20. The van der Waals surface area contributed by atoms with Crippen molar-refractivity contribution in [3.63, 3.8) is 0 Å². The van der Waals surface area contributed by atoms with E-state index in [0.717, 1.165) is 37.4 Å². The minimum absolute atomic E-state index is 0.230. The smallest absolute Gasteiger partial charge is 0.222 e. The number of carbonyl (C=O) groups is 1. The Kier molecular flexibility index (Phi) is 3.90. The van der Waals surface area contributed by atoms with Crippen LogP contribution < -0.4 is 5.32 Å². The second kappa shape index (κ2) is 5.61. The van der Waals surface area contributed by atoms with Crippen molar-refractivity contribution in [1.82, 2.24) is 14.9 Å². The molecule has 1 aromatic heterocycles. The van der Waals surface area contributed by atoms with Gasteiger partial charge in [-0.3, -0.25) is 9.78 Å². The Bertz CT molecular complexity index is 377. The Morgan fingerprint density at radius 3 is 2.88 bits per heavy atom. The summed E-state index contributed by atoms with van der Waals surface area (Å²) in [5, 5.41) is 3.09. The molecule has 1 aliphatic heterocycles. The van der Waals surface area contributed by atoms with Gasteiger partial charge in [-0.25, -0.2) is 4.98 Å². The van der Waals surface area contributed by atoms with E-state index in [0.29, 0.717) is 13.0 Å². The highest BCUT2D eigenvalue weighted by atomic mass is 16.2. The third-order valence-electron chi connectivity index (χ3n) is 2.84. The van der Waals surface area contributed by atoms with Gasteiger partial charge in [0.15, 0.2) is 0 Å². The van der Waals surface area contributed by atoms with Gasteiger partial charge in [0.05, 0.1) is 24.6 Å². The van der Waals surface area contributed by atoms with Crippen LogP contribution in [0.15, 0.2) is 12.4 Å². The first-order chi connectivity index (χ1) is 8.29. The van der Waals surface area contributed by atoms with Crippen molar-refractivity contribution in [2.45, 2.75) is 32.7 Å². The summed E-state index contributed by atoms with van der Waals surface area (Å²) >= 11 is 0. The van der Waals surface area contributed by atoms with Crippen molar-refractivity contribution >= 4 is 11.7 Å². The molecular formula is C12H18N4O. The summed E-state index contributed by atoms with van der Waals surface area (Å²) in [4.78, 5) is 22.0. The van der Waals surface area contributed by atoms with Crippen molar-refractivity contribution in [3.8, 4) is 0 Å². The van der Waals surface area contributed by atoms with Crippen LogP contribution in [0.25, 0.3) is 0 Å². The number of piperidine rings is 1.